The lowest BCUT2D eigenvalue weighted by atomic mass is 10.3. The number of hydrogen-bond donors (Lipinski definition) is 2. The minimum atomic E-state index is -3.43. The Bertz CT molecular complexity index is 749. The van der Waals surface area contributed by atoms with Crippen molar-refractivity contribution >= 4 is 38.3 Å². The van der Waals surface area contributed by atoms with Gasteiger partial charge in [0.2, 0.25) is 15.9 Å². The van der Waals surface area contributed by atoms with E-state index in [1.54, 1.807) is 11.6 Å². The van der Waals surface area contributed by atoms with Gasteiger partial charge in [-0.2, -0.15) is 0 Å². The van der Waals surface area contributed by atoms with Crippen molar-refractivity contribution in [2.24, 2.45) is 0 Å². The Morgan fingerprint density at radius 3 is 2.76 bits per heavy atom. The lowest BCUT2D eigenvalue weighted by Gasteiger charge is -2.03. The maximum atomic E-state index is 11.8. The van der Waals surface area contributed by atoms with Crippen molar-refractivity contribution in [2.45, 2.75) is 0 Å². The molecule has 2 N–H and O–H groups in total. The van der Waals surface area contributed by atoms with Gasteiger partial charge < -0.3 is 10.6 Å². The number of carbonyl (C=O) groups is 2. The zero-order valence-corrected chi connectivity index (χ0v) is 12.6. The third-order valence-corrected chi connectivity index (χ3v) is 4.08. The van der Waals surface area contributed by atoms with Crippen molar-refractivity contribution in [1.82, 2.24) is 14.3 Å². The molecule has 2 aromatic rings. The van der Waals surface area contributed by atoms with Crippen LogP contribution in [0.3, 0.4) is 0 Å². The largest absolute Gasteiger partial charge is 0.343 e. The van der Waals surface area contributed by atoms with Crippen LogP contribution in [0.5, 0.6) is 0 Å². The molecule has 0 atom stereocenters. The van der Waals surface area contributed by atoms with Gasteiger partial charge in [0.15, 0.2) is 5.13 Å². The van der Waals surface area contributed by atoms with E-state index in [0.717, 1.165) is 10.2 Å². The van der Waals surface area contributed by atoms with Gasteiger partial charge in [-0.15, -0.1) is 11.3 Å². The number of amides is 2. The molecule has 0 radical (unpaired) electrons. The Labute approximate surface area is 124 Å². The molecular weight excluding hydrogens is 316 g/mol. The second-order valence-electron chi connectivity index (χ2n) is 4.06. The van der Waals surface area contributed by atoms with Crippen LogP contribution < -0.4 is 10.6 Å². The van der Waals surface area contributed by atoms with Gasteiger partial charge in [0.05, 0.1) is 18.4 Å². The number of aromatic nitrogens is 2. The second kappa shape index (κ2) is 6.06. The molecule has 0 aliphatic rings. The second-order valence-corrected chi connectivity index (χ2v) is 6.84. The van der Waals surface area contributed by atoms with E-state index in [4.69, 9.17) is 0 Å². The van der Waals surface area contributed by atoms with Crippen molar-refractivity contribution in [3.8, 4) is 0 Å². The van der Waals surface area contributed by atoms with Crippen LogP contribution in [0, 0.1) is 0 Å². The van der Waals surface area contributed by atoms with Gasteiger partial charge in [-0.05, 0) is 6.07 Å². The van der Waals surface area contributed by atoms with Gasteiger partial charge in [0, 0.05) is 24.0 Å². The Balaban J connectivity index is 1.90. The highest BCUT2D eigenvalue weighted by Crippen LogP contribution is 2.09. The molecule has 21 heavy (non-hydrogen) atoms. The number of nitrogens with one attached hydrogen (secondary N) is 2. The summed E-state index contributed by atoms with van der Waals surface area (Å²) in [6.07, 6.45) is 5.02. The summed E-state index contributed by atoms with van der Waals surface area (Å²) in [6.45, 7) is -0.234. The van der Waals surface area contributed by atoms with Crippen LogP contribution in [0.1, 0.15) is 10.4 Å². The highest BCUT2D eigenvalue weighted by molar-refractivity contribution is 7.89. The summed E-state index contributed by atoms with van der Waals surface area (Å²) in [6, 6.07) is 1.36. The predicted octanol–water partition coefficient (Wildman–Crippen LogP) is 0.121. The third-order valence-electron chi connectivity index (χ3n) is 2.40. The zero-order chi connectivity index (χ0) is 15.5. The van der Waals surface area contributed by atoms with Crippen molar-refractivity contribution in [2.75, 3.05) is 18.1 Å². The van der Waals surface area contributed by atoms with Gasteiger partial charge in [-0.25, -0.2) is 13.4 Å². The average molecular weight is 328 g/mol. The SMILES string of the molecule is CS(=O)(=O)n1ccc(C(=O)NCC(=O)Nc2nccs2)c1. The van der Waals surface area contributed by atoms with Crippen LogP contribution in [-0.2, 0) is 14.8 Å². The Kier molecular flexibility index (Phi) is 4.38. The first-order chi connectivity index (χ1) is 9.86. The number of hydrogen-bond acceptors (Lipinski definition) is 6. The quantitative estimate of drug-likeness (QED) is 0.810. The summed E-state index contributed by atoms with van der Waals surface area (Å²) < 4.78 is 23.5. The minimum Gasteiger partial charge on any atom is -0.343 e. The number of thiazole rings is 1. The number of anilines is 1. The summed E-state index contributed by atoms with van der Waals surface area (Å²) in [7, 11) is -3.43. The molecule has 2 amide bonds. The Morgan fingerprint density at radius 1 is 1.43 bits per heavy atom. The number of carbonyl (C=O) groups excluding carboxylic acids is 2. The van der Waals surface area contributed by atoms with Gasteiger partial charge in [-0.3, -0.25) is 13.6 Å². The van der Waals surface area contributed by atoms with E-state index < -0.39 is 21.8 Å². The molecule has 0 saturated carbocycles. The molecule has 2 rings (SSSR count). The molecule has 0 unspecified atom stereocenters. The molecule has 2 heterocycles. The molecule has 0 fully saturated rings. The standard InChI is InChI=1S/C11H12N4O4S2/c1-21(18,19)15-4-2-8(7-15)10(17)13-6-9(16)14-11-12-3-5-20-11/h2-5,7H,6H2,1H3,(H,13,17)(H,12,14,16). The van der Waals surface area contributed by atoms with E-state index in [1.807, 2.05) is 0 Å². The lowest BCUT2D eigenvalue weighted by Crippen LogP contribution is -2.32. The van der Waals surface area contributed by atoms with Gasteiger partial charge in [-0.1, -0.05) is 0 Å². The van der Waals surface area contributed by atoms with Crippen molar-refractivity contribution < 1.29 is 18.0 Å². The molecule has 0 aromatic carbocycles. The van der Waals surface area contributed by atoms with Crippen LogP contribution in [0.15, 0.2) is 30.0 Å². The molecule has 0 aliphatic carbocycles. The highest BCUT2D eigenvalue weighted by Gasteiger charge is 2.12. The number of rotatable bonds is 5. The summed E-state index contributed by atoms with van der Waals surface area (Å²) in [4.78, 5) is 27.2. The summed E-state index contributed by atoms with van der Waals surface area (Å²) in [5.41, 5.74) is 0.155. The van der Waals surface area contributed by atoms with Gasteiger partial charge in [0.25, 0.3) is 5.91 Å². The zero-order valence-electron chi connectivity index (χ0n) is 10.9. The topological polar surface area (TPSA) is 110 Å². The van der Waals surface area contributed by atoms with Crippen LogP contribution in [-0.4, -0.2) is 42.0 Å². The highest BCUT2D eigenvalue weighted by atomic mass is 32.2. The van der Waals surface area contributed by atoms with Crippen molar-refractivity contribution in [3.63, 3.8) is 0 Å². The molecule has 0 bridgehead atoms. The van der Waals surface area contributed by atoms with Gasteiger partial charge >= 0.3 is 0 Å². The van der Waals surface area contributed by atoms with E-state index in [2.05, 4.69) is 15.6 Å². The van der Waals surface area contributed by atoms with Crippen LogP contribution in [0.2, 0.25) is 0 Å². The van der Waals surface area contributed by atoms with E-state index in [-0.39, 0.29) is 12.1 Å². The molecule has 0 saturated heterocycles. The van der Waals surface area contributed by atoms with E-state index in [9.17, 15) is 18.0 Å². The van der Waals surface area contributed by atoms with Gasteiger partial charge in [0.1, 0.15) is 0 Å². The van der Waals surface area contributed by atoms with Crippen LogP contribution >= 0.6 is 11.3 Å². The fraction of sp³-hybridized carbons (Fsp3) is 0.182. The first-order valence-corrected chi connectivity index (χ1v) is 8.45. The van der Waals surface area contributed by atoms with E-state index in [0.29, 0.717) is 5.13 Å². The number of nitrogens with zero attached hydrogens (tertiary/aromatic N) is 2. The average Bonchev–Trinajstić information content (AvgIpc) is 3.05. The van der Waals surface area contributed by atoms with Crippen molar-refractivity contribution in [3.05, 3.63) is 35.6 Å². The first kappa shape index (κ1) is 15.2. The molecule has 10 heteroatoms. The fourth-order valence-electron chi connectivity index (χ4n) is 1.43. The lowest BCUT2D eigenvalue weighted by molar-refractivity contribution is -0.115. The monoisotopic (exact) mass is 328 g/mol. The Morgan fingerprint density at radius 2 is 2.19 bits per heavy atom. The van der Waals surface area contributed by atoms with Crippen molar-refractivity contribution in [1.29, 1.82) is 0 Å². The minimum absolute atomic E-state index is 0.155. The summed E-state index contributed by atoms with van der Waals surface area (Å²) in [5, 5.41) is 7.06. The maximum absolute atomic E-state index is 11.8. The summed E-state index contributed by atoms with van der Waals surface area (Å²) in [5.74, 6) is -0.951. The molecule has 8 nitrogen and oxygen atoms in total. The van der Waals surface area contributed by atoms with Crippen LogP contribution in [0.4, 0.5) is 5.13 Å². The third kappa shape index (κ3) is 4.13. The smallest absolute Gasteiger partial charge is 0.253 e. The maximum Gasteiger partial charge on any atom is 0.253 e. The molecule has 112 valence electrons. The van der Waals surface area contributed by atoms with E-state index in [1.165, 1.54) is 29.8 Å². The molecular formula is C11H12N4O4S2. The normalized spacial score (nSPS) is 11.1. The predicted molar refractivity (Wildman–Crippen MR) is 77.8 cm³/mol. The molecule has 0 aliphatic heterocycles. The van der Waals surface area contributed by atoms with E-state index >= 15 is 0 Å². The first-order valence-electron chi connectivity index (χ1n) is 5.72. The summed E-state index contributed by atoms with van der Waals surface area (Å²) >= 11 is 1.26. The Hall–Kier alpha value is -2.20. The molecule has 0 spiro atoms. The fourth-order valence-corrected chi connectivity index (χ4v) is 2.56. The van der Waals surface area contributed by atoms with Crippen LogP contribution in [0.25, 0.3) is 0 Å². The molecule has 2 aromatic heterocycles.